The Kier molecular flexibility index (Phi) is 4.65. The van der Waals surface area contributed by atoms with E-state index in [9.17, 15) is 0 Å². The van der Waals surface area contributed by atoms with Crippen molar-refractivity contribution in [3.63, 3.8) is 0 Å². The fraction of sp³-hybridized carbons (Fsp3) is 0.667. The molecule has 1 saturated carbocycles. The van der Waals surface area contributed by atoms with E-state index in [1.54, 1.807) is 0 Å². The Labute approximate surface area is 125 Å². The molecule has 0 aliphatic heterocycles. The summed E-state index contributed by atoms with van der Waals surface area (Å²) < 4.78 is 6.04. The first-order valence-corrected chi connectivity index (χ1v) is 7.40. The Bertz CT molecular complexity index is 535. The SMILES string of the molecule is Cc1nnc(OC2CC(C)CC(C)C2)c(C(N)=NO)c1C. The van der Waals surface area contributed by atoms with Crippen molar-refractivity contribution in [2.24, 2.45) is 22.7 Å². The Balaban J connectivity index is 2.29. The number of aromatic nitrogens is 2. The third-order valence-electron chi connectivity index (χ3n) is 4.20. The normalized spacial score (nSPS) is 26.7. The van der Waals surface area contributed by atoms with E-state index in [1.165, 1.54) is 6.42 Å². The molecule has 0 aromatic carbocycles. The maximum absolute atomic E-state index is 8.98. The highest BCUT2D eigenvalue weighted by atomic mass is 16.5. The molecule has 116 valence electrons. The smallest absolute Gasteiger partial charge is 0.245 e. The quantitative estimate of drug-likeness (QED) is 0.386. The molecule has 0 spiro atoms. The van der Waals surface area contributed by atoms with Crippen LogP contribution in [-0.4, -0.2) is 27.3 Å². The fourth-order valence-electron chi connectivity index (χ4n) is 3.15. The van der Waals surface area contributed by atoms with Crippen LogP contribution in [0.15, 0.2) is 5.16 Å². The van der Waals surface area contributed by atoms with E-state index >= 15 is 0 Å². The number of nitrogens with zero attached hydrogens (tertiary/aromatic N) is 3. The number of hydrogen-bond acceptors (Lipinski definition) is 5. The molecule has 1 aromatic heterocycles. The largest absolute Gasteiger partial charge is 0.473 e. The lowest BCUT2D eigenvalue weighted by Crippen LogP contribution is -2.30. The maximum atomic E-state index is 8.98. The summed E-state index contributed by atoms with van der Waals surface area (Å²) in [4.78, 5) is 0. The van der Waals surface area contributed by atoms with E-state index in [0.29, 0.717) is 23.3 Å². The minimum Gasteiger partial charge on any atom is -0.473 e. The summed E-state index contributed by atoms with van der Waals surface area (Å²) in [6.45, 7) is 8.19. The first kappa shape index (κ1) is 15.5. The zero-order valence-electron chi connectivity index (χ0n) is 13.1. The number of ether oxygens (including phenoxy) is 1. The molecule has 2 atom stereocenters. The van der Waals surface area contributed by atoms with E-state index < -0.39 is 0 Å². The molecule has 0 saturated heterocycles. The van der Waals surface area contributed by atoms with Gasteiger partial charge in [0.05, 0.1) is 11.3 Å². The molecule has 1 aliphatic rings. The molecule has 0 bridgehead atoms. The minimum absolute atomic E-state index is 0.0115. The van der Waals surface area contributed by atoms with Crippen LogP contribution >= 0.6 is 0 Å². The van der Waals surface area contributed by atoms with Crippen LogP contribution in [0.4, 0.5) is 0 Å². The van der Waals surface area contributed by atoms with Gasteiger partial charge in [-0.1, -0.05) is 19.0 Å². The molecule has 2 unspecified atom stereocenters. The lowest BCUT2D eigenvalue weighted by Gasteiger charge is -2.31. The van der Waals surface area contributed by atoms with Gasteiger partial charge in [0, 0.05) is 0 Å². The van der Waals surface area contributed by atoms with Crippen LogP contribution in [0.5, 0.6) is 5.88 Å². The molecule has 1 fully saturated rings. The van der Waals surface area contributed by atoms with Crippen LogP contribution in [0.2, 0.25) is 0 Å². The molecule has 0 radical (unpaired) electrons. The molecule has 6 heteroatoms. The first-order chi connectivity index (χ1) is 9.92. The van der Waals surface area contributed by atoms with Crippen molar-refractivity contribution < 1.29 is 9.94 Å². The summed E-state index contributed by atoms with van der Waals surface area (Å²) in [5, 5.41) is 20.3. The molecule has 6 nitrogen and oxygen atoms in total. The molecule has 1 heterocycles. The molecule has 21 heavy (non-hydrogen) atoms. The molecular weight excluding hydrogens is 268 g/mol. The summed E-state index contributed by atoms with van der Waals surface area (Å²) in [6.07, 6.45) is 3.32. The van der Waals surface area contributed by atoms with Gasteiger partial charge in [-0.05, 0) is 50.5 Å². The van der Waals surface area contributed by atoms with Crippen LogP contribution in [0.25, 0.3) is 0 Å². The Morgan fingerprint density at radius 2 is 1.81 bits per heavy atom. The highest BCUT2D eigenvalue weighted by Crippen LogP contribution is 2.32. The van der Waals surface area contributed by atoms with Crippen LogP contribution in [0.3, 0.4) is 0 Å². The summed E-state index contributed by atoms with van der Waals surface area (Å²) in [5.41, 5.74) is 7.89. The topological polar surface area (TPSA) is 93.6 Å². The van der Waals surface area contributed by atoms with Gasteiger partial charge >= 0.3 is 0 Å². The average Bonchev–Trinajstić information content (AvgIpc) is 2.41. The van der Waals surface area contributed by atoms with Gasteiger partial charge in [0.2, 0.25) is 5.88 Å². The molecule has 0 amide bonds. The maximum Gasteiger partial charge on any atom is 0.245 e. The van der Waals surface area contributed by atoms with Crippen LogP contribution < -0.4 is 10.5 Å². The van der Waals surface area contributed by atoms with E-state index in [0.717, 1.165) is 24.1 Å². The van der Waals surface area contributed by atoms with E-state index in [-0.39, 0.29) is 11.9 Å². The molecule has 3 N–H and O–H groups in total. The second-order valence-corrected chi connectivity index (χ2v) is 6.23. The van der Waals surface area contributed by atoms with E-state index in [2.05, 4.69) is 29.2 Å². The van der Waals surface area contributed by atoms with Gasteiger partial charge in [-0.15, -0.1) is 5.10 Å². The number of hydrogen-bond donors (Lipinski definition) is 2. The number of aryl methyl sites for hydroxylation is 1. The predicted octanol–water partition coefficient (Wildman–Crippen LogP) is 2.39. The van der Waals surface area contributed by atoms with Crippen molar-refractivity contribution in [2.75, 3.05) is 0 Å². The summed E-state index contributed by atoms with van der Waals surface area (Å²) >= 11 is 0. The van der Waals surface area contributed by atoms with Gasteiger partial charge in [0.15, 0.2) is 5.84 Å². The Hall–Kier alpha value is -1.85. The second kappa shape index (κ2) is 6.28. The van der Waals surface area contributed by atoms with E-state index in [1.807, 2.05) is 13.8 Å². The second-order valence-electron chi connectivity index (χ2n) is 6.23. The van der Waals surface area contributed by atoms with Gasteiger partial charge in [-0.2, -0.15) is 5.10 Å². The van der Waals surface area contributed by atoms with Gasteiger partial charge in [0.25, 0.3) is 0 Å². The summed E-state index contributed by atoms with van der Waals surface area (Å²) in [7, 11) is 0. The minimum atomic E-state index is 0.0115. The zero-order chi connectivity index (χ0) is 15.6. The lowest BCUT2D eigenvalue weighted by molar-refractivity contribution is 0.0953. The Morgan fingerprint density at radius 3 is 2.38 bits per heavy atom. The van der Waals surface area contributed by atoms with Crippen molar-refractivity contribution in [1.82, 2.24) is 10.2 Å². The molecule has 2 rings (SSSR count). The number of amidine groups is 1. The summed E-state index contributed by atoms with van der Waals surface area (Å²) in [6, 6.07) is 0. The highest BCUT2D eigenvalue weighted by Gasteiger charge is 2.27. The first-order valence-electron chi connectivity index (χ1n) is 7.40. The van der Waals surface area contributed by atoms with Crippen molar-refractivity contribution in [3.8, 4) is 5.88 Å². The standard InChI is InChI=1S/C15H24N4O2/c1-8-5-9(2)7-12(6-8)21-15-13(14(16)19-20)10(3)11(4)17-18-15/h8-9,12,20H,5-7H2,1-4H3,(H2,16,19). The average molecular weight is 292 g/mol. The van der Waals surface area contributed by atoms with Gasteiger partial charge in [-0.25, -0.2) is 0 Å². The fourth-order valence-corrected chi connectivity index (χ4v) is 3.15. The zero-order valence-corrected chi connectivity index (χ0v) is 13.1. The van der Waals surface area contributed by atoms with Crippen molar-refractivity contribution in [3.05, 3.63) is 16.8 Å². The van der Waals surface area contributed by atoms with E-state index in [4.69, 9.17) is 15.7 Å². The van der Waals surface area contributed by atoms with Gasteiger partial charge in [-0.3, -0.25) is 0 Å². The number of rotatable bonds is 3. The van der Waals surface area contributed by atoms with Gasteiger partial charge in [0.1, 0.15) is 6.10 Å². The monoisotopic (exact) mass is 292 g/mol. The highest BCUT2D eigenvalue weighted by molar-refractivity contribution is 6.00. The van der Waals surface area contributed by atoms with Crippen LogP contribution in [-0.2, 0) is 0 Å². The van der Waals surface area contributed by atoms with Crippen molar-refractivity contribution in [1.29, 1.82) is 0 Å². The molecule has 1 aliphatic carbocycles. The molecule has 1 aromatic rings. The van der Waals surface area contributed by atoms with Crippen LogP contribution in [0, 0.1) is 25.7 Å². The number of nitrogens with two attached hydrogens (primary N) is 1. The molecular formula is C15H24N4O2. The Morgan fingerprint density at radius 1 is 1.19 bits per heavy atom. The van der Waals surface area contributed by atoms with Crippen molar-refractivity contribution in [2.45, 2.75) is 53.1 Å². The van der Waals surface area contributed by atoms with Crippen molar-refractivity contribution >= 4 is 5.84 Å². The number of oxime groups is 1. The summed E-state index contributed by atoms with van der Waals surface area (Å²) in [5.74, 6) is 1.63. The van der Waals surface area contributed by atoms with Gasteiger partial charge < -0.3 is 15.7 Å². The third kappa shape index (κ3) is 3.43. The lowest BCUT2D eigenvalue weighted by atomic mass is 9.82. The predicted molar refractivity (Wildman–Crippen MR) is 80.6 cm³/mol. The third-order valence-corrected chi connectivity index (χ3v) is 4.20. The van der Waals surface area contributed by atoms with Crippen LogP contribution in [0.1, 0.15) is 49.9 Å².